The second kappa shape index (κ2) is 7.33. The number of rotatable bonds is 6. The summed E-state index contributed by atoms with van der Waals surface area (Å²) < 4.78 is 32.0. The minimum atomic E-state index is -3.52. The summed E-state index contributed by atoms with van der Waals surface area (Å²) in [6, 6.07) is 6.64. The molecule has 1 atom stereocenters. The van der Waals surface area contributed by atoms with E-state index in [1.807, 2.05) is 0 Å². The number of carbonyl (C=O) groups excluding carboxylic acids is 1. The van der Waals surface area contributed by atoms with Gasteiger partial charge in [-0.25, -0.2) is 8.42 Å². The van der Waals surface area contributed by atoms with Gasteiger partial charge in [-0.15, -0.1) is 0 Å². The lowest BCUT2D eigenvalue weighted by atomic mass is 9.96. The maximum absolute atomic E-state index is 12.7. The van der Waals surface area contributed by atoms with Crippen LogP contribution in [-0.2, 0) is 14.8 Å². The Morgan fingerprint density at radius 1 is 1.16 bits per heavy atom. The van der Waals surface area contributed by atoms with E-state index in [4.69, 9.17) is 4.74 Å². The van der Waals surface area contributed by atoms with Gasteiger partial charge in [0.2, 0.25) is 15.9 Å². The minimum Gasteiger partial charge on any atom is -0.497 e. The Kier molecular flexibility index (Phi) is 5.34. The quantitative estimate of drug-likeness (QED) is 0.836. The Morgan fingerprint density at radius 3 is 2.28 bits per heavy atom. The molecule has 1 aromatic carbocycles. The van der Waals surface area contributed by atoms with Crippen LogP contribution in [0.25, 0.3) is 0 Å². The van der Waals surface area contributed by atoms with Crippen LogP contribution in [0, 0.1) is 11.8 Å². The van der Waals surface area contributed by atoms with Crippen LogP contribution in [0.15, 0.2) is 29.2 Å². The zero-order valence-electron chi connectivity index (χ0n) is 14.8. The van der Waals surface area contributed by atoms with Gasteiger partial charge in [-0.3, -0.25) is 4.79 Å². The number of ether oxygens (including phenoxy) is 1. The second-order valence-corrected chi connectivity index (χ2v) is 8.93. The minimum absolute atomic E-state index is 0.0703. The largest absolute Gasteiger partial charge is 0.497 e. The molecular weight excluding hydrogens is 340 g/mol. The van der Waals surface area contributed by atoms with Gasteiger partial charge < -0.3 is 10.1 Å². The van der Waals surface area contributed by atoms with Crippen molar-refractivity contribution >= 4 is 15.9 Å². The molecule has 1 saturated carbocycles. The van der Waals surface area contributed by atoms with E-state index in [0.717, 1.165) is 0 Å². The monoisotopic (exact) mass is 366 g/mol. The van der Waals surface area contributed by atoms with Crippen molar-refractivity contribution in [3.63, 3.8) is 0 Å². The first-order chi connectivity index (χ1) is 11.9. The van der Waals surface area contributed by atoms with Crippen molar-refractivity contribution < 1.29 is 17.9 Å². The highest BCUT2D eigenvalue weighted by atomic mass is 32.2. The van der Waals surface area contributed by atoms with Crippen molar-refractivity contribution in [2.24, 2.45) is 11.8 Å². The molecule has 1 unspecified atom stereocenters. The number of amides is 1. The topological polar surface area (TPSA) is 75.7 Å². The zero-order valence-corrected chi connectivity index (χ0v) is 15.6. The summed E-state index contributed by atoms with van der Waals surface area (Å²) in [4.78, 5) is 12.6. The van der Waals surface area contributed by atoms with Crippen molar-refractivity contribution in [2.45, 2.75) is 43.5 Å². The molecule has 138 valence electrons. The summed E-state index contributed by atoms with van der Waals surface area (Å²) in [6.45, 7) is 2.81. The van der Waals surface area contributed by atoms with Crippen LogP contribution >= 0.6 is 0 Å². The molecular formula is C18H26N2O4S. The van der Waals surface area contributed by atoms with Gasteiger partial charge in [0.25, 0.3) is 0 Å². The van der Waals surface area contributed by atoms with E-state index in [0.29, 0.717) is 37.6 Å². The summed E-state index contributed by atoms with van der Waals surface area (Å²) in [6.07, 6.45) is 3.53. The van der Waals surface area contributed by atoms with Gasteiger partial charge in [0.15, 0.2) is 0 Å². The van der Waals surface area contributed by atoms with Gasteiger partial charge in [-0.1, -0.05) is 0 Å². The molecule has 7 heteroatoms. The zero-order chi connectivity index (χ0) is 18.0. The van der Waals surface area contributed by atoms with E-state index in [-0.39, 0.29) is 22.8 Å². The van der Waals surface area contributed by atoms with Crippen LogP contribution in [0.5, 0.6) is 5.75 Å². The summed E-state index contributed by atoms with van der Waals surface area (Å²) in [7, 11) is -1.97. The summed E-state index contributed by atoms with van der Waals surface area (Å²) in [5, 5.41) is 3.09. The summed E-state index contributed by atoms with van der Waals surface area (Å²) in [5.74, 6) is 1.23. The molecule has 6 nitrogen and oxygen atoms in total. The van der Waals surface area contributed by atoms with Gasteiger partial charge in [-0.05, 0) is 62.8 Å². The maximum Gasteiger partial charge on any atom is 0.243 e. The number of benzene rings is 1. The average Bonchev–Trinajstić information content (AvgIpc) is 3.47. The van der Waals surface area contributed by atoms with Gasteiger partial charge in [0.1, 0.15) is 5.75 Å². The van der Waals surface area contributed by atoms with Gasteiger partial charge in [0, 0.05) is 25.0 Å². The highest BCUT2D eigenvalue weighted by Crippen LogP contribution is 2.33. The first-order valence-electron chi connectivity index (χ1n) is 8.86. The Labute approximate surface area is 149 Å². The van der Waals surface area contributed by atoms with Gasteiger partial charge in [0.05, 0.1) is 12.0 Å². The average molecular weight is 366 g/mol. The molecule has 1 aliphatic carbocycles. The lowest BCUT2D eigenvalue weighted by Crippen LogP contribution is -2.45. The number of nitrogens with zero attached hydrogens (tertiary/aromatic N) is 1. The Morgan fingerprint density at radius 2 is 1.76 bits per heavy atom. The van der Waals surface area contributed by atoms with E-state index in [1.165, 1.54) is 17.1 Å². The Bertz CT molecular complexity index is 705. The predicted molar refractivity (Wildman–Crippen MR) is 94.8 cm³/mol. The van der Waals surface area contributed by atoms with Gasteiger partial charge in [-0.2, -0.15) is 4.31 Å². The van der Waals surface area contributed by atoms with E-state index in [9.17, 15) is 13.2 Å². The Hall–Kier alpha value is -1.60. The molecule has 3 rings (SSSR count). The van der Waals surface area contributed by atoms with E-state index in [1.54, 1.807) is 31.4 Å². The molecule has 0 radical (unpaired) electrons. The molecule has 0 spiro atoms. The lowest BCUT2D eigenvalue weighted by Gasteiger charge is -2.31. The fourth-order valence-corrected chi connectivity index (χ4v) is 4.78. The molecule has 2 aliphatic rings. The molecule has 1 N–H and O–H groups in total. The van der Waals surface area contributed by atoms with E-state index < -0.39 is 10.0 Å². The summed E-state index contributed by atoms with van der Waals surface area (Å²) in [5.41, 5.74) is 0. The van der Waals surface area contributed by atoms with Crippen LogP contribution in [-0.4, -0.2) is 44.9 Å². The number of sulfonamides is 1. The molecule has 1 aliphatic heterocycles. The third-order valence-corrected chi connectivity index (χ3v) is 7.13. The molecule has 1 amide bonds. The van der Waals surface area contributed by atoms with Crippen molar-refractivity contribution in [2.75, 3.05) is 20.2 Å². The fourth-order valence-electron chi connectivity index (χ4n) is 3.31. The fraction of sp³-hybridized carbons (Fsp3) is 0.611. The number of nitrogens with one attached hydrogen (secondary N) is 1. The van der Waals surface area contributed by atoms with E-state index >= 15 is 0 Å². The van der Waals surface area contributed by atoms with Crippen LogP contribution in [0.4, 0.5) is 0 Å². The third-order valence-electron chi connectivity index (χ3n) is 5.22. The Balaban J connectivity index is 1.57. The van der Waals surface area contributed by atoms with Crippen LogP contribution < -0.4 is 10.1 Å². The predicted octanol–water partition coefficient (Wildman–Crippen LogP) is 2.01. The smallest absolute Gasteiger partial charge is 0.243 e. The molecule has 0 bridgehead atoms. The van der Waals surface area contributed by atoms with Crippen LogP contribution in [0.3, 0.4) is 0 Å². The van der Waals surface area contributed by atoms with Crippen molar-refractivity contribution in [3.8, 4) is 5.75 Å². The third kappa shape index (κ3) is 4.15. The molecule has 1 heterocycles. The SMILES string of the molecule is COc1ccc(S(=O)(=O)N2CCC(C(=O)NC(C)C3CC3)CC2)cc1. The molecule has 25 heavy (non-hydrogen) atoms. The number of hydrogen-bond acceptors (Lipinski definition) is 4. The number of methoxy groups -OCH3 is 1. The first kappa shape index (κ1) is 18.2. The summed E-state index contributed by atoms with van der Waals surface area (Å²) >= 11 is 0. The normalized spacial score (nSPS) is 20.9. The maximum atomic E-state index is 12.7. The highest BCUT2D eigenvalue weighted by molar-refractivity contribution is 7.89. The van der Waals surface area contributed by atoms with Crippen molar-refractivity contribution in [3.05, 3.63) is 24.3 Å². The van der Waals surface area contributed by atoms with Crippen LogP contribution in [0.1, 0.15) is 32.6 Å². The highest BCUT2D eigenvalue weighted by Gasteiger charge is 2.34. The first-order valence-corrected chi connectivity index (χ1v) is 10.3. The van der Waals surface area contributed by atoms with E-state index in [2.05, 4.69) is 12.2 Å². The standard InChI is InChI=1S/C18H26N2O4S/c1-13(14-3-4-14)19-18(21)15-9-11-20(12-10-15)25(22,23)17-7-5-16(24-2)6-8-17/h5-8,13-15H,3-4,9-12H2,1-2H3,(H,19,21). The second-order valence-electron chi connectivity index (χ2n) is 6.99. The molecule has 1 aromatic rings. The molecule has 2 fully saturated rings. The molecule has 0 aromatic heterocycles. The number of piperidine rings is 1. The van der Waals surface area contributed by atoms with Crippen LogP contribution in [0.2, 0.25) is 0 Å². The van der Waals surface area contributed by atoms with Crippen molar-refractivity contribution in [1.82, 2.24) is 9.62 Å². The number of hydrogen-bond donors (Lipinski definition) is 1. The van der Waals surface area contributed by atoms with Crippen molar-refractivity contribution in [1.29, 1.82) is 0 Å². The molecule has 1 saturated heterocycles. The van der Waals surface area contributed by atoms with Gasteiger partial charge >= 0.3 is 0 Å². The number of carbonyl (C=O) groups is 1. The lowest BCUT2D eigenvalue weighted by molar-refractivity contribution is -0.126.